The van der Waals surface area contributed by atoms with Gasteiger partial charge >= 0.3 is 6.09 Å². The van der Waals surface area contributed by atoms with Crippen LogP contribution in [0.15, 0.2) is 59.8 Å². The molecule has 0 spiro atoms. The van der Waals surface area contributed by atoms with Crippen LogP contribution in [0.1, 0.15) is 26.3 Å². The summed E-state index contributed by atoms with van der Waals surface area (Å²) in [5.41, 5.74) is 1.35. The summed E-state index contributed by atoms with van der Waals surface area (Å²) in [6.07, 6.45) is 2.23. The third-order valence-electron chi connectivity index (χ3n) is 6.15. The van der Waals surface area contributed by atoms with Crippen molar-refractivity contribution in [2.45, 2.75) is 38.2 Å². The van der Waals surface area contributed by atoms with Crippen LogP contribution in [-0.2, 0) is 14.8 Å². The Labute approximate surface area is 236 Å². The van der Waals surface area contributed by atoms with Gasteiger partial charge in [0, 0.05) is 29.4 Å². The molecule has 0 saturated heterocycles. The van der Waals surface area contributed by atoms with Crippen LogP contribution < -0.4 is 9.47 Å². The molecule has 40 heavy (non-hydrogen) atoms. The molecule has 5 rings (SSSR count). The predicted molar refractivity (Wildman–Crippen MR) is 152 cm³/mol. The topological polar surface area (TPSA) is 115 Å². The van der Waals surface area contributed by atoms with Crippen LogP contribution in [0.4, 0.5) is 4.79 Å². The SMILES string of the molecule is COc1cc2c(nc1OC)c(-c1cc3c(Cl)ccnc3n1S(=O)(=O)c1ccc(C)cc1)cn2C(=O)OC(C)(C)C. The smallest absolute Gasteiger partial charge is 0.419 e. The van der Waals surface area contributed by atoms with Crippen LogP contribution in [0.3, 0.4) is 0 Å². The van der Waals surface area contributed by atoms with Gasteiger partial charge in [0.2, 0.25) is 0 Å². The lowest BCUT2D eigenvalue weighted by Gasteiger charge is -2.19. The maximum Gasteiger partial charge on any atom is 0.419 e. The zero-order chi connectivity index (χ0) is 29.0. The second kappa shape index (κ2) is 9.83. The molecule has 0 aliphatic rings. The van der Waals surface area contributed by atoms with Gasteiger partial charge in [0.15, 0.2) is 11.4 Å². The predicted octanol–water partition coefficient (Wildman–Crippen LogP) is 6.05. The number of rotatable bonds is 5. The van der Waals surface area contributed by atoms with E-state index in [1.165, 1.54) is 43.3 Å². The van der Waals surface area contributed by atoms with E-state index < -0.39 is 21.7 Å². The minimum Gasteiger partial charge on any atom is -0.491 e. The second-order valence-electron chi connectivity index (χ2n) is 10.1. The molecule has 0 radical (unpaired) electrons. The molecule has 0 bridgehead atoms. The van der Waals surface area contributed by atoms with Gasteiger partial charge in [-0.2, -0.15) is 0 Å². The van der Waals surface area contributed by atoms with E-state index in [0.29, 0.717) is 21.5 Å². The molecule has 4 aromatic heterocycles. The molecule has 12 heteroatoms. The molecule has 10 nitrogen and oxygen atoms in total. The summed E-state index contributed by atoms with van der Waals surface area (Å²) in [6, 6.07) is 11.3. The van der Waals surface area contributed by atoms with Crippen molar-refractivity contribution < 1.29 is 27.4 Å². The highest BCUT2D eigenvalue weighted by Gasteiger charge is 2.30. The largest absolute Gasteiger partial charge is 0.491 e. The molecule has 208 valence electrons. The van der Waals surface area contributed by atoms with E-state index in [9.17, 15) is 13.2 Å². The number of aryl methyl sites for hydroxylation is 1. The van der Waals surface area contributed by atoms with Gasteiger partial charge in [0.1, 0.15) is 11.1 Å². The lowest BCUT2D eigenvalue weighted by molar-refractivity contribution is 0.0544. The fourth-order valence-corrected chi connectivity index (χ4v) is 6.01. The molecular formula is C28H27ClN4O6S. The van der Waals surface area contributed by atoms with Crippen LogP contribution in [-0.4, -0.2) is 52.8 Å². The van der Waals surface area contributed by atoms with Crippen LogP contribution >= 0.6 is 11.6 Å². The molecule has 0 aliphatic heterocycles. The Morgan fingerprint density at radius 2 is 1.73 bits per heavy atom. The number of ether oxygens (including phenoxy) is 3. The Kier molecular flexibility index (Phi) is 6.75. The highest BCUT2D eigenvalue weighted by atomic mass is 35.5. The van der Waals surface area contributed by atoms with Gasteiger partial charge in [0.25, 0.3) is 15.9 Å². The Balaban J connectivity index is 1.89. The molecule has 0 amide bonds. The van der Waals surface area contributed by atoms with Crippen LogP contribution in [0.5, 0.6) is 11.6 Å². The third-order valence-corrected chi connectivity index (χ3v) is 8.20. The Bertz CT molecular complexity index is 1890. The van der Waals surface area contributed by atoms with E-state index in [1.807, 2.05) is 6.92 Å². The van der Waals surface area contributed by atoms with E-state index in [4.69, 9.17) is 25.8 Å². The van der Waals surface area contributed by atoms with Crippen molar-refractivity contribution in [1.82, 2.24) is 18.5 Å². The van der Waals surface area contributed by atoms with E-state index >= 15 is 0 Å². The Morgan fingerprint density at radius 1 is 1.02 bits per heavy atom. The zero-order valence-corrected chi connectivity index (χ0v) is 24.3. The zero-order valence-electron chi connectivity index (χ0n) is 22.7. The molecule has 4 heterocycles. The van der Waals surface area contributed by atoms with Crippen molar-refractivity contribution >= 4 is 49.8 Å². The first-order valence-corrected chi connectivity index (χ1v) is 14.0. The number of carbonyl (C=O) groups excluding carboxylic acids is 1. The first-order valence-electron chi connectivity index (χ1n) is 12.2. The lowest BCUT2D eigenvalue weighted by Crippen LogP contribution is -2.26. The number of fused-ring (bicyclic) bond motifs is 2. The maximum atomic E-state index is 14.1. The number of hydrogen-bond donors (Lipinski definition) is 0. The maximum absolute atomic E-state index is 14.1. The van der Waals surface area contributed by atoms with Crippen molar-refractivity contribution in [1.29, 1.82) is 0 Å². The number of halogens is 1. The average Bonchev–Trinajstić information content (AvgIpc) is 3.46. The minimum atomic E-state index is -4.19. The summed E-state index contributed by atoms with van der Waals surface area (Å²) in [5, 5.41) is 0.723. The van der Waals surface area contributed by atoms with Gasteiger partial charge in [-0.05, 0) is 52.0 Å². The average molecular weight is 583 g/mol. The summed E-state index contributed by atoms with van der Waals surface area (Å²) in [6.45, 7) is 7.12. The third kappa shape index (κ3) is 4.65. The quantitative estimate of drug-likeness (QED) is 0.246. The second-order valence-corrected chi connectivity index (χ2v) is 12.3. The molecule has 0 atom stereocenters. The molecule has 5 aromatic rings. The Morgan fingerprint density at radius 3 is 2.35 bits per heavy atom. The van der Waals surface area contributed by atoms with Gasteiger partial charge in [-0.15, -0.1) is 0 Å². The van der Waals surface area contributed by atoms with Gasteiger partial charge in [-0.1, -0.05) is 29.3 Å². The minimum absolute atomic E-state index is 0.0571. The summed E-state index contributed by atoms with van der Waals surface area (Å²) in [4.78, 5) is 22.3. The van der Waals surface area contributed by atoms with Crippen molar-refractivity contribution in [3.8, 4) is 22.9 Å². The molecule has 0 aliphatic carbocycles. The molecular weight excluding hydrogens is 556 g/mol. The lowest BCUT2D eigenvalue weighted by atomic mass is 10.2. The normalized spacial score (nSPS) is 12.2. The summed E-state index contributed by atoms with van der Waals surface area (Å²) in [5.74, 6) is 0.431. The number of pyridine rings is 2. The number of aromatic nitrogens is 4. The van der Waals surface area contributed by atoms with Crippen molar-refractivity contribution in [2.24, 2.45) is 0 Å². The summed E-state index contributed by atoms with van der Waals surface area (Å²) >= 11 is 6.50. The highest BCUT2D eigenvalue weighted by molar-refractivity contribution is 7.90. The molecule has 1 aromatic carbocycles. The fourth-order valence-electron chi connectivity index (χ4n) is 4.34. The van der Waals surface area contributed by atoms with Gasteiger partial charge in [-0.3, -0.25) is 4.57 Å². The molecule has 0 unspecified atom stereocenters. The number of benzene rings is 1. The van der Waals surface area contributed by atoms with E-state index in [1.54, 1.807) is 51.1 Å². The van der Waals surface area contributed by atoms with Gasteiger partial charge in [0.05, 0.1) is 35.3 Å². The summed E-state index contributed by atoms with van der Waals surface area (Å²) in [7, 11) is -1.30. The van der Waals surface area contributed by atoms with Gasteiger partial charge < -0.3 is 14.2 Å². The number of nitrogens with zero attached hydrogens (tertiary/aromatic N) is 4. The van der Waals surface area contributed by atoms with Crippen molar-refractivity contribution in [3.05, 3.63) is 65.4 Å². The molecule has 0 N–H and O–H groups in total. The van der Waals surface area contributed by atoms with E-state index in [-0.39, 0.29) is 33.4 Å². The monoisotopic (exact) mass is 582 g/mol. The van der Waals surface area contributed by atoms with Gasteiger partial charge in [-0.25, -0.2) is 27.2 Å². The van der Waals surface area contributed by atoms with Crippen LogP contribution in [0.2, 0.25) is 5.02 Å². The number of hydrogen-bond acceptors (Lipinski definition) is 8. The van der Waals surface area contributed by atoms with Crippen LogP contribution in [0, 0.1) is 6.92 Å². The van der Waals surface area contributed by atoms with Crippen LogP contribution in [0.25, 0.3) is 33.3 Å². The summed E-state index contributed by atoms with van der Waals surface area (Å²) < 4.78 is 47.1. The standard InChI is InChI=1S/C28H27ClN4O6S/c1-16-7-9-17(10-8-16)40(35,36)33-21(13-18-20(29)11-12-30-25(18)33)19-15-32(27(34)39-28(2,3)4)22-14-23(37-5)26(38-6)31-24(19)22/h7-15H,1-6H3. The highest BCUT2D eigenvalue weighted by Crippen LogP contribution is 2.40. The van der Waals surface area contributed by atoms with Crippen molar-refractivity contribution in [2.75, 3.05) is 14.2 Å². The first kappa shape index (κ1) is 27.5. The van der Waals surface area contributed by atoms with E-state index in [2.05, 4.69) is 9.97 Å². The molecule has 0 saturated carbocycles. The number of methoxy groups -OCH3 is 2. The van der Waals surface area contributed by atoms with E-state index in [0.717, 1.165) is 9.54 Å². The van der Waals surface area contributed by atoms with Crippen molar-refractivity contribution in [3.63, 3.8) is 0 Å². The number of carbonyl (C=O) groups is 1. The fraction of sp³-hybridized carbons (Fsp3) is 0.250. The Hall–Kier alpha value is -4.09. The first-order chi connectivity index (χ1) is 18.9. The molecule has 0 fully saturated rings.